The average molecular weight is 312 g/mol. The predicted molar refractivity (Wildman–Crippen MR) is 81.6 cm³/mol. The Morgan fingerprint density at radius 1 is 1.10 bits per heavy atom. The van der Waals surface area contributed by atoms with Crippen LogP contribution in [0.25, 0.3) is 0 Å². The monoisotopic (exact) mass is 312 g/mol. The first-order chi connectivity index (χ1) is 9.05. The third-order valence-corrected chi connectivity index (χ3v) is 3.57. The van der Waals surface area contributed by atoms with Crippen LogP contribution in [0.5, 0.6) is 0 Å². The van der Waals surface area contributed by atoms with E-state index in [0.29, 0.717) is 6.42 Å². The molecular formula is C13H32N2O4S. The van der Waals surface area contributed by atoms with Crippen LogP contribution in [0.2, 0.25) is 0 Å². The van der Waals surface area contributed by atoms with Gasteiger partial charge in [-0.05, 0) is 32.5 Å². The van der Waals surface area contributed by atoms with Gasteiger partial charge in [0, 0.05) is 5.75 Å². The van der Waals surface area contributed by atoms with E-state index in [0.717, 1.165) is 37.1 Å². The molecule has 0 heterocycles. The van der Waals surface area contributed by atoms with Crippen LogP contribution in [-0.4, -0.2) is 87.1 Å². The second-order valence-electron chi connectivity index (χ2n) is 5.73. The van der Waals surface area contributed by atoms with Gasteiger partial charge in [-0.3, -0.25) is 0 Å². The number of hydrogen-bond acceptors (Lipinski definition) is 5. The summed E-state index contributed by atoms with van der Waals surface area (Å²) in [7, 11) is 2.15. The van der Waals surface area contributed by atoms with E-state index in [1.54, 1.807) is 0 Å². The molecule has 0 aromatic heterocycles. The molecule has 1 N–H and O–H groups in total. The Balaban J connectivity index is 0. The first kappa shape index (κ1) is 22.1. The van der Waals surface area contributed by atoms with Crippen molar-refractivity contribution in [3.8, 4) is 0 Å². The van der Waals surface area contributed by atoms with Crippen LogP contribution in [0.15, 0.2) is 0 Å². The van der Waals surface area contributed by atoms with Crippen LogP contribution < -0.4 is 0 Å². The summed E-state index contributed by atoms with van der Waals surface area (Å²) >= 11 is 0. The minimum Gasteiger partial charge on any atom is -0.748 e. The van der Waals surface area contributed by atoms with Gasteiger partial charge in [0.1, 0.15) is 6.54 Å². The molecule has 0 spiro atoms. The Hall–Kier alpha value is -0.210. The summed E-state index contributed by atoms with van der Waals surface area (Å²) < 4.78 is 31.6. The highest BCUT2D eigenvalue weighted by Gasteiger charge is 2.02. The van der Waals surface area contributed by atoms with Gasteiger partial charge in [0.05, 0.1) is 37.9 Å². The molecule has 0 aromatic carbocycles. The van der Waals surface area contributed by atoms with Crippen molar-refractivity contribution in [1.82, 2.24) is 4.90 Å². The van der Waals surface area contributed by atoms with Crippen molar-refractivity contribution in [3.63, 3.8) is 0 Å². The molecule has 0 saturated carbocycles. The number of likely N-dealkylation sites (N-methyl/N-ethyl adjacent to an activating group) is 1. The lowest BCUT2D eigenvalue weighted by Gasteiger charge is -2.21. The summed E-state index contributed by atoms with van der Waals surface area (Å²) in [6.07, 6.45) is 1.26. The fourth-order valence-corrected chi connectivity index (χ4v) is 2.01. The summed E-state index contributed by atoms with van der Waals surface area (Å²) in [6, 6.07) is 0. The summed E-state index contributed by atoms with van der Waals surface area (Å²) in [5.41, 5.74) is 0. The van der Waals surface area contributed by atoms with Crippen molar-refractivity contribution in [3.05, 3.63) is 0 Å². The molecule has 0 fully saturated rings. The van der Waals surface area contributed by atoms with Crippen LogP contribution in [0.4, 0.5) is 0 Å². The van der Waals surface area contributed by atoms with E-state index in [1.807, 2.05) is 0 Å². The third kappa shape index (κ3) is 20.1. The highest BCUT2D eigenvalue weighted by atomic mass is 32.2. The molecule has 124 valence electrons. The average Bonchev–Trinajstić information content (AvgIpc) is 2.27. The van der Waals surface area contributed by atoms with Crippen LogP contribution in [0.3, 0.4) is 0 Å². The summed E-state index contributed by atoms with van der Waals surface area (Å²) in [4.78, 5) is 2.21. The molecular weight excluding hydrogens is 280 g/mol. The minimum atomic E-state index is -4.00. The van der Waals surface area contributed by atoms with Crippen molar-refractivity contribution in [1.29, 1.82) is 0 Å². The highest BCUT2D eigenvalue weighted by Crippen LogP contribution is 1.97. The molecule has 0 saturated heterocycles. The lowest BCUT2D eigenvalue weighted by molar-refractivity contribution is -0.870. The smallest absolute Gasteiger partial charge is 0.101 e. The number of aliphatic hydroxyl groups is 1. The van der Waals surface area contributed by atoms with Crippen LogP contribution >= 0.6 is 0 Å². The molecule has 0 aliphatic heterocycles. The van der Waals surface area contributed by atoms with Gasteiger partial charge in [0.25, 0.3) is 0 Å². The Morgan fingerprint density at radius 2 is 1.60 bits per heavy atom. The van der Waals surface area contributed by atoms with Gasteiger partial charge < -0.3 is 19.0 Å². The Bertz CT molecular complexity index is 309. The molecule has 20 heavy (non-hydrogen) atoms. The first-order valence-electron chi connectivity index (χ1n) is 7.13. The zero-order valence-corrected chi connectivity index (χ0v) is 14.4. The molecule has 0 unspecified atom stereocenters. The van der Waals surface area contributed by atoms with Crippen LogP contribution in [0.1, 0.15) is 26.7 Å². The summed E-state index contributed by atoms with van der Waals surface area (Å²) in [5, 5.41) is 8.39. The second-order valence-corrected chi connectivity index (χ2v) is 7.26. The minimum absolute atomic E-state index is 0.228. The van der Waals surface area contributed by atoms with E-state index in [9.17, 15) is 13.0 Å². The topological polar surface area (TPSA) is 80.7 Å². The van der Waals surface area contributed by atoms with Crippen molar-refractivity contribution in [2.75, 3.05) is 59.7 Å². The Labute approximate surface area is 124 Å². The fourth-order valence-electron chi connectivity index (χ4n) is 1.45. The lowest BCUT2D eigenvalue weighted by Crippen LogP contribution is -2.36. The Kier molecular flexibility index (Phi) is 12.6. The predicted octanol–water partition coefficient (Wildman–Crippen LogP) is 0.339. The van der Waals surface area contributed by atoms with Gasteiger partial charge in [-0.2, -0.15) is 0 Å². The molecule has 0 aliphatic carbocycles. The highest BCUT2D eigenvalue weighted by molar-refractivity contribution is 7.85. The third-order valence-electron chi connectivity index (χ3n) is 2.78. The standard InChI is InChI=1S/C8H19NO3S.C5H14NO/c1-3-9(4-2)7-5-6-8-13(10,11)12;1-6(2,3)4-5-7/h3-8H2,1-2H3,(H,10,11,12);7H,4-5H2,1-3H3/q;+1/p-1. The summed E-state index contributed by atoms with van der Waals surface area (Å²) in [6.45, 7) is 8.06. The largest absolute Gasteiger partial charge is 0.748 e. The van der Waals surface area contributed by atoms with E-state index < -0.39 is 10.1 Å². The van der Waals surface area contributed by atoms with Gasteiger partial charge in [-0.15, -0.1) is 0 Å². The number of hydrogen-bond donors (Lipinski definition) is 1. The van der Waals surface area contributed by atoms with E-state index in [2.05, 4.69) is 39.9 Å². The quantitative estimate of drug-likeness (QED) is 0.377. The van der Waals surface area contributed by atoms with Crippen molar-refractivity contribution in [2.24, 2.45) is 0 Å². The maximum atomic E-state index is 10.2. The maximum Gasteiger partial charge on any atom is 0.101 e. The fraction of sp³-hybridized carbons (Fsp3) is 1.00. The maximum absolute atomic E-state index is 10.2. The molecule has 0 bridgehead atoms. The molecule has 0 amide bonds. The van der Waals surface area contributed by atoms with E-state index in [1.165, 1.54) is 0 Å². The number of unbranched alkanes of at least 4 members (excludes halogenated alkanes) is 1. The second kappa shape index (κ2) is 11.4. The molecule has 7 heteroatoms. The SMILES string of the molecule is CCN(CC)CCCCS(=O)(=O)[O-].C[N+](C)(C)CCO. The number of nitrogens with zero attached hydrogens (tertiary/aromatic N) is 2. The molecule has 0 aliphatic rings. The van der Waals surface area contributed by atoms with Gasteiger partial charge in [0.15, 0.2) is 0 Å². The lowest BCUT2D eigenvalue weighted by atomic mass is 10.3. The van der Waals surface area contributed by atoms with Gasteiger partial charge in [-0.1, -0.05) is 13.8 Å². The number of aliphatic hydroxyl groups excluding tert-OH is 1. The molecule has 0 aromatic rings. The number of rotatable bonds is 9. The van der Waals surface area contributed by atoms with Crippen molar-refractivity contribution < 1.29 is 22.6 Å². The molecule has 0 rings (SSSR count). The normalized spacial score (nSPS) is 12.2. The molecule has 0 atom stereocenters. The van der Waals surface area contributed by atoms with E-state index in [-0.39, 0.29) is 12.4 Å². The zero-order valence-electron chi connectivity index (χ0n) is 13.6. The first-order valence-corrected chi connectivity index (χ1v) is 8.70. The van der Waals surface area contributed by atoms with E-state index in [4.69, 9.17) is 5.11 Å². The summed E-state index contributed by atoms with van der Waals surface area (Å²) in [5.74, 6) is -0.228. The Morgan fingerprint density at radius 3 is 1.85 bits per heavy atom. The molecule has 0 radical (unpaired) electrons. The molecule has 6 nitrogen and oxygen atoms in total. The van der Waals surface area contributed by atoms with Gasteiger partial charge >= 0.3 is 0 Å². The van der Waals surface area contributed by atoms with Gasteiger partial charge in [0.2, 0.25) is 0 Å². The van der Waals surface area contributed by atoms with Crippen LogP contribution in [-0.2, 0) is 10.1 Å². The van der Waals surface area contributed by atoms with Gasteiger partial charge in [-0.25, -0.2) is 8.42 Å². The van der Waals surface area contributed by atoms with Crippen molar-refractivity contribution >= 4 is 10.1 Å². The van der Waals surface area contributed by atoms with Crippen molar-refractivity contribution in [2.45, 2.75) is 26.7 Å². The van der Waals surface area contributed by atoms with Crippen LogP contribution in [0, 0.1) is 0 Å². The number of quaternary nitrogens is 1. The zero-order chi connectivity index (χ0) is 16.2. The van der Waals surface area contributed by atoms with E-state index >= 15 is 0 Å².